The van der Waals surface area contributed by atoms with Gasteiger partial charge in [0, 0.05) is 5.69 Å². The van der Waals surface area contributed by atoms with Crippen LogP contribution in [0, 0.1) is 0 Å². The van der Waals surface area contributed by atoms with Crippen LogP contribution >= 0.6 is 11.8 Å². The smallest absolute Gasteiger partial charge is 0.286 e. The fourth-order valence-corrected chi connectivity index (χ4v) is 4.81. The first-order chi connectivity index (χ1) is 12.9. The van der Waals surface area contributed by atoms with Crippen LogP contribution in [-0.2, 0) is 21.2 Å². The van der Waals surface area contributed by atoms with E-state index in [2.05, 4.69) is 17.0 Å². The van der Waals surface area contributed by atoms with Crippen LogP contribution in [0.3, 0.4) is 0 Å². The molecule has 140 valence electrons. The number of nitrogens with one attached hydrogen (secondary N) is 2. The highest BCUT2D eigenvalue weighted by atomic mass is 32.2. The lowest BCUT2D eigenvalue weighted by Crippen LogP contribution is -2.25. The van der Waals surface area contributed by atoms with E-state index in [0.29, 0.717) is 11.3 Å². The molecule has 1 saturated heterocycles. The Morgan fingerprint density at radius 2 is 1.89 bits per heavy atom. The van der Waals surface area contributed by atoms with Crippen LogP contribution in [0.2, 0.25) is 6.32 Å². The Morgan fingerprint density at radius 1 is 1.15 bits per heavy atom. The van der Waals surface area contributed by atoms with Crippen molar-refractivity contribution in [2.75, 3.05) is 4.72 Å². The van der Waals surface area contributed by atoms with Crippen LogP contribution in [0.1, 0.15) is 12.5 Å². The Balaban J connectivity index is 1.74. The third kappa shape index (κ3) is 4.93. The van der Waals surface area contributed by atoms with Gasteiger partial charge in [-0.05, 0) is 36.2 Å². The molecule has 2 N–H and O–H groups in total. The lowest BCUT2D eigenvalue weighted by Gasteiger charge is -2.11. The van der Waals surface area contributed by atoms with E-state index in [9.17, 15) is 18.0 Å². The van der Waals surface area contributed by atoms with Gasteiger partial charge in [-0.3, -0.25) is 19.6 Å². The van der Waals surface area contributed by atoms with Gasteiger partial charge in [-0.2, -0.15) is 0 Å². The minimum atomic E-state index is -3.74. The Hall–Kier alpha value is -2.26. The fraction of sp³-hybridized carbons (Fsp3) is 0.222. The van der Waals surface area contributed by atoms with Crippen LogP contribution in [0.5, 0.6) is 0 Å². The molecule has 1 heterocycles. The van der Waals surface area contributed by atoms with Crippen molar-refractivity contribution >= 4 is 51.4 Å². The maximum Gasteiger partial charge on any atom is 0.286 e. The van der Waals surface area contributed by atoms with Gasteiger partial charge in [0.25, 0.3) is 15.3 Å². The average molecular weight is 402 g/mol. The topological polar surface area (TPSA) is 92.3 Å². The third-order valence-corrected chi connectivity index (χ3v) is 6.50. The normalized spacial score (nSPS) is 16.9. The summed E-state index contributed by atoms with van der Waals surface area (Å²) in [6.45, 7) is 2.09. The van der Waals surface area contributed by atoms with E-state index in [1.54, 1.807) is 24.3 Å². The van der Waals surface area contributed by atoms with Crippen molar-refractivity contribution in [2.45, 2.75) is 29.8 Å². The van der Waals surface area contributed by atoms with E-state index in [1.165, 1.54) is 12.1 Å². The van der Waals surface area contributed by atoms with Gasteiger partial charge in [0.15, 0.2) is 7.28 Å². The number of rotatable bonds is 7. The predicted molar refractivity (Wildman–Crippen MR) is 110 cm³/mol. The number of carbonyl (C=O) groups excluding carboxylic acids is 2. The quantitative estimate of drug-likeness (QED) is 0.690. The Kier molecular flexibility index (Phi) is 5.91. The Morgan fingerprint density at radius 3 is 2.52 bits per heavy atom. The molecule has 3 rings (SSSR count). The Labute approximate surface area is 163 Å². The van der Waals surface area contributed by atoms with E-state index >= 15 is 0 Å². The van der Waals surface area contributed by atoms with E-state index in [4.69, 9.17) is 0 Å². The second-order valence-electron chi connectivity index (χ2n) is 6.29. The second kappa shape index (κ2) is 8.18. The molecule has 9 heteroatoms. The molecular formula is C18H19BN2O4S2. The largest absolute Gasteiger partial charge is 0.286 e. The summed E-state index contributed by atoms with van der Waals surface area (Å²) in [7, 11) is -2.79. The molecule has 0 spiro atoms. The van der Waals surface area contributed by atoms with Crippen LogP contribution in [-0.4, -0.2) is 32.1 Å². The molecule has 0 aliphatic carbocycles. The molecule has 27 heavy (non-hydrogen) atoms. The summed E-state index contributed by atoms with van der Waals surface area (Å²) in [5.41, 5.74) is 2.33. The van der Waals surface area contributed by atoms with Crippen LogP contribution in [0.4, 0.5) is 10.5 Å². The number of carbonyl (C=O) groups is 2. The van der Waals surface area contributed by atoms with Crippen molar-refractivity contribution in [1.82, 2.24) is 5.32 Å². The summed E-state index contributed by atoms with van der Waals surface area (Å²) in [4.78, 5) is 23.1. The zero-order valence-electron chi connectivity index (χ0n) is 14.8. The molecule has 1 aliphatic rings. The van der Waals surface area contributed by atoms with Gasteiger partial charge in [0.1, 0.15) is 0 Å². The highest BCUT2D eigenvalue weighted by Crippen LogP contribution is 2.24. The summed E-state index contributed by atoms with van der Waals surface area (Å²) in [6, 6.07) is 13.7. The van der Waals surface area contributed by atoms with Crippen molar-refractivity contribution < 1.29 is 18.0 Å². The predicted octanol–water partition coefficient (Wildman–Crippen LogP) is 1.88. The van der Waals surface area contributed by atoms with Crippen molar-refractivity contribution in [3.05, 3.63) is 54.1 Å². The molecular weight excluding hydrogens is 383 g/mol. The van der Waals surface area contributed by atoms with Gasteiger partial charge in [-0.1, -0.05) is 54.7 Å². The van der Waals surface area contributed by atoms with Gasteiger partial charge in [-0.25, -0.2) is 8.42 Å². The van der Waals surface area contributed by atoms with Crippen LogP contribution < -0.4 is 15.5 Å². The van der Waals surface area contributed by atoms with Gasteiger partial charge < -0.3 is 0 Å². The number of amides is 2. The Bertz CT molecular complexity index is 962. The molecule has 1 aliphatic heterocycles. The maximum atomic E-state index is 12.7. The van der Waals surface area contributed by atoms with E-state index in [1.807, 2.05) is 12.1 Å². The van der Waals surface area contributed by atoms with Crippen molar-refractivity contribution in [3.63, 3.8) is 0 Å². The summed E-state index contributed by atoms with van der Waals surface area (Å²) >= 11 is 0.925. The summed E-state index contributed by atoms with van der Waals surface area (Å²) < 4.78 is 27.9. The number of benzene rings is 2. The molecule has 0 bridgehead atoms. The molecule has 0 saturated carbocycles. The van der Waals surface area contributed by atoms with Crippen LogP contribution in [0.25, 0.3) is 0 Å². The molecule has 1 unspecified atom stereocenters. The molecule has 0 radical (unpaired) electrons. The minimum absolute atomic E-state index is 0.118. The number of anilines is 1. The molecule has 2 aromatic carbocycles. The fourth-order valence-electron chi connectivity index (χ4n) is 2.82. The zero-order valence-corrected chi connectivity index (χ0v) is 16.4. The minimum Gasteiger partial charge on any atom is -0.286 e. The first-order valence-electron chi connectivity index (χ1n) is 8.59. The SMILES string of the molecule is CCBc1ccc(NS(=O)(=O)c2cccc(CC3SC(=O)NC3=O)c2)cc1. The van der Waals surface area contributed by atoms with Gasteiger partial charge in [-0.15, -0.1) is 0 Å². The summed E-state index contributed by atoms with van der Waals surface area (Å²) in [5.74, 6) is -0.344. The number of imide groups is 1. The van der Waals surface area contributed by atoms with Crippen LogP contribution in [0.15, 0.2) is 53.4 Å². The molecule has 2 aromatic rings. The third-order valence-electron chi connectivity index (χ3n) is 4.14. The van der Waals surface area contributed by atoms with Crippen molar-refractivity contribution in [2.24, 2.45) is 0 Å². The number of hydrogen-bond donors (Lipinski definition) is 2. The van der Waals surface area contributed by atoms with Gasteiger partial charge in [0.2, 0.25) is 5.91 Å². The van der Waals surface area contributed by atoms with Crippen molar-refractivity contribution in [1.29, 1.82) is 0 Å². The maximum absolute atomic E-state index is 12.7. The molecule has 6 nitrogen and oxygen atoms in total. The molecule has 1 fully saturated rings. The van der Waals surface area contributed by atoms with E-state index in [0.717, 1.165) is 30.8 Å². The number of thioether (sulfide) groups is 1. The first-order valence-corrected chi connectivity index (χ1v) is 11.0. The lowest BCUT2D eigenvalue weighted by atomic mass is 9.68. The van der Waals surface area contributed by atoms with E-state index < -0.39 is 15.3 Å². The standard InChI is InChI=1S/C18H19BN2O4S2/c1-2-19-13-6-8-14(9-7-13)21-27(24,25)15-5-3-4-12(10-15)11-16-17(22)20-18(23)26-16/h3-10,16,19,21H,2,11H2,1H3,(H,20,22,23). The highest BCUT2D eigenvalue weighted by Gasteiger charge is 2.31. The lowest BCUT2D eigenvalue weighted by molar-refractivity contribution is -0.118. The average Bonchev–Trinajstić information content (AvgIpc) is 2.94. The van der Waals surface area contributed by atoms with Gasteiger partial charge >= 0.3 is 0 Å². The highest BCUT2D eigenvalue weighted by molar-refractivity contribution is 8.15. The monoisotopic (exact) mass is 402 g/mol. The number of sulfonamides is 1. The van der Waals surface area contributed by atoms with E-state index in [-0.39, 0.29) is 22.5 Å². The number of hydrogen-bond acceptors (Lipinski definition) is 5. The first kappa shape index (κ1) is 19.5. The molecule has 2 amide bonds. The zero-order chi connectivity index (χ0) is 19.4. The second-order valence-corrected chi connectivity index (χ2v) is 9.15. The van der Waals surface area contributed by atoms with Gasteiger partial charge in [0.05, 0.1) is 10.1 Å². The molecule has 0 aromatic heterocycles. The summed E-state index contributed by atoms with van der Waals surface area (Å²) in [6.07, 6.45) is 1.32. The van der Waals surface area contributed by atoms with Crippen molar-refractivity contribution in [3.8, 4) is 0 Å². The summed E-state index contributed by atoms with van der Waals surface area (Å²) in [5, 5.41) is 1.33. The molecule has 1 atom stereocenters.